The highest BCUT2D eigenvalue weighted by atomic mass is 16.1. The van der Waals surface area contributed by atoms with Crippen LogP contribution < -0.4 is 5.73 Å². The highest BCUT2D eigenvalue weighted by Gasteiger charge is 2.16. The molecule has 0 bridgehead atoms. The first-order chi connectivity index (χ1) is 4.33. The molecule has 0 unspecified atom stereocenters. The molecular weight excluding hydrogens is 114 g/mol. The molecule has 1 rings (SSSR count). The van der Waals surface area contributed by atoms with Gasteiger partial charge in [0.25, 0.3) is 0 Å². The molecule has 1 aliphatic carbocycles. The first-order valence-electron chi connectivity index (χ1n) is 3.54. The van der Waals surface area contributed by atoms with Gasteiger partial charge in [-0.15, -0.1) is 0 Å². The van der Waals surface area contributed by atoms with E-state index >= 15 is 0 Å². The van der Waals surface area contributed by atoms with Gasteiger partial charge >= 0.3 is 0 Å². The maximum Gasteiger partial charge on any atom is 0.123 e. The van der Waals surface area contributed by atoms with E-state index in [9.17, 15) is 4.79 Å². The molecule has 0 heterocycles. The maximum atomic E-state index is 10.2. The van der Waals surface area contributed by atoms with Gasteiger partial charge in [0.15, 0.2) is 0 Å². The number of hydrogen-bond acceptors (Lipinski definition) is 2. The Labute approximate surface area is 55.4 Å². The van der Waals surface area contributed by atoms with Crippen LogP contribution in [0.25, 0.3) is 0 Å². The van der Waals surface area contributed by atoms with Gasteiger partial charge < -0.3 is 10.5 Å². The minimum atomic E-state index is 0.310. The third kappa shape index (κ3) is 1.79. The standard InChI is InChI=1S/C7H13NO/c8-7-3-1-6(5-9)2-4-7/h5-7H,1-4,8H2/t6-,7-. The highest BCUT2D eigenvalue weighted by molar-refractivity contribution is 5.53. The molecule has 0 aromatic carbocycles. The van der Waals surface area contributed by atoms with Crippen molar-refractivity contribution in [2.24, 2.45) is 11.7 Å². The molecule has 0 amide bonds. The summed E-state index contributed by atoms with van der Waals surface area (Å²) in [5.41, 5.74) is 5.64. The van der Waals surface area contributed by atoms with E-state index < -0.39 is 0 Å². The fourth-order valence-corrected chi connectivity index (χ4v) is 1.28. The lowest BCUT2D eigenvalue weighted by Crippen LogP contribution is -2.26. The summed E-state index contributed by atoms with van der Waals surface area (Å²) in [6.07, 6.45) is 5.13. The van der Waals surface area contributed by atoms with E-state index in [2.05, 4.69) is 0 Å². The lowest BCUT2D eigenvalue weighted by molar-refractivity contribution is -0.111. The fourth-order valence-electron chi connectivity index (χ4n) is 1.28. The van der Waals surface area contributed by atoms with Gasteiger partial charge in [-0.25, -0.2) is 0 Å². The van der Waals surface area contributed by atoms with Crippen LogP contribution in [0.4, 0.5) is 0 Å². The van der Waals surface area contributed by atoms with Crippen LogP contribution in [-0.4, -0.2) is 12.3 Å². The Morgan fingerprint density at radius 2 is 1.78 bits per heavy atom. The van der Waals surface area contributed by atoms with Crippen LogP contribution in [0.2, 0.25) is 0 Å². The van der Waals surface area contributed by atoms with Gasteiger partial charge in [-0.05, 0) is 25.7 Å². The molecule has 52 valence electrons. The third-order valence-corrected chi connectivity index (χ3v) is 2.01. The molecule has 1 saturated carbocycles. The molecule has 0 radical (unpaired) electrons. The Bertz CT molecular complexity index is 95.1. The zero-order valence-electron chi connectivity index (χ0n) is 5.55. The van der Waals surface area contributed by atoms with E-state index in [1.165, 1.54) is 0 Å². The van der Waals surface area contributed by atoms with Crippen molar-refractivity contribution in [1.29, 1.82) is 0 Å². The van der Waals surface area contributed by atoms with Crippen molar-refractivity contribution in [3.63, 3.8) is 0 Å². The minimum absolute atomic E-state index is 0.310. The molecular formula is C7H13NO. The molecule has 0 aromatic rings. The summed E-state index contributed by atoms with van der Waals surface area (Å²) >= 11 is 0. The van der Waals surface area contributed by atoms with Gasteiger partial charge in [-0.3, -0.25) is 0 Å². The number of aldehydes is 1. The smallest absolute Gasteiger partial charge is 0.123 e. The Balaban J connectivity index is 2.26. The van der Waals surface area contributed by atoms with Crippen LogP contribution in [-0.2, 0) is 4.79 Å². The predicted molar refractivity (Wildman–Crippen MR) is 36.0 cm³/mol. The molecule has 0 aliphatic heterocycles. The normalized spacial score (nSPS) is 36.1. The van der Waals surface area contributed by atoms with Crippen molar-refractivity contribution in [3.8, 4) is 0 Å². The average molecular weight is 127 g/mol. The van der Waals surface area contributed by atoms with Crippen molar-refractivity contribution in [2.75, 3.05) is 0 Å². The molecule has 2 nitrogen and oxygen atoms in total. The summed E-state index contributed by atoms with van der Waals surface area (Å²) in [6, 6.07) is 0.362. The monoisotopic (exact) mass is 127 g/mol. The van der Waals surface area contributed by atoms with E-state index in [-0.39, 0.29) is 0 Å². The SMILES string of the molecule is N[C@H]1CC[C@H](C=O)CC1. The van der Waals surface area contributed by atoms with Gasteiger partial charge in [0, 0.05) is 12.0 Å². The quantitative estimate of drug-likeness (QED) is 0.527. The molecule has 1 fully saturated rings. The fraction of sp³-hybridized carbons (Fsp3) is 0.857. The molecule has 2 heteroatoms. The summed E-state index contributed by atoms with van der Waals surface area (Å²) in [5, 5.41) is 0. The van der Waals surface area contributed by atoms with Gasteiger partial charge in [0.05, 0.1) is 0 Å². The summed E-state index contributed by atoms with van der Waals surface area (Å²) in [4.78, 5) is 10.2. The number of hydrogen-bond donors (Lipinski definition) is 1. The molecule has 0 spiro atoms. The summed E-state index contributed by atoms with van der Waals surface area (Å²) in [6.45, 7) is 0. The minimum Gasteiger partial charge on any atom is -0.328 e. The number of carbonyl (C=O) groups is 1. The van der Waals surface area contributed by atoms with E-state index in [4.69, 9.17) is 5.73 Å². The van der Waals surface area contributed by atoms with Crippen molar-refractivity contribution >= 4 is 6.29 Å². The van der Waals surface area contributed by atoms with Gasteiger partial charge in [-0.1, -0.05) is 0 Å². The third-order valence-electron chi connectivity index (χ3n) is 2.01. The number of carbonyl (C=O) groups excluding carboxylic acids is 1. The van der Waals surface area contributed by atoms with E-state index in [1.807, 2.05) is 0 Å². The zero-order valence-corrected chi connectivity index (χ0v) is 5.55. The van der Waals surface area contributed by atoms with Gasteiger partial charge in [-0.2, -0.15) is 0 Å². The lowest BCUT2D eigenvalue weighted by Gasteiger charge is -2.21. The van der Waals surface area contributed by atoms with E-state index in [0.29, 0.717) is 12.0 Å². The molecule has 0 atom stereocenters. The van der Waals surface area contributed by atoms with Gasteiger partial charge in [0.1, 0.15) is 6.29 Å². The molecule has 0 aromatic heterocycles. The van der Waals surface area contributed by atoms with Crippen molar-refractivity contribution < 1.29 is 4.79 Å². The summed E-state index contributed by atoms with van der Waals surface area (Å²) < 4.78 is 0. The van der Waals surface area contributed by atoms with Crippen LogP contribution in [0.1, 0.15) is 25.7 Å². The average Bonchev–Trinajstić information content (AvgIpc) is 1.90. The van der Waals surface area contributed by atoms with Crippen molar-refractivity contribution in [2.45, 2.75) is 31.7 Å². The Morgan fingerprint density at radius 1 is 1.22 bits per heavy atom. The van der Waals surface area contributed by atoms with Crippen LogP contribution >= 0.6 is 0 Å². The molecule has 0 saturated heterocycles. The largest absolute Gasteiger partial charge is 0.328 e. The van der Waals surface area contributed by atoms with E-state index in [1.54, 1.807) is 0 Å². The molecule has 1 aliphatic rings. The Kier molecular flexibility index (Phi) is 2.22. The number of nitrogens with two attached hydrogens (primary N) is 1. The lowest BCUT2D eigenvalue weighted by atomic mass is 9.88. The zero-order chi connectivity index (χ0) is 6.69. The van der Waals surface area contributed by atoms with Crippen LogP contribution in [0.3, 0.4) is 0 Å². The second-order valence-electron chi connectivity index (χ2n) is 2.81. The van der Waals surface area contributed by atoms with Crippen molar-refractivity contribution in [1.82, 2.24) is 0 Å². The second-order valence-corrected chi connectivity index (χ2v) is 2.81. The maximum absolute atomic E-state index is 10.2. The Morgan fingerprint density at radius 3 is 2.22 bits per heavy atom. The summed E-state index contributed by atoms with van der Waals surface area (Å²) in [5.74, 6) is 0.310. The topological polar surface area (TPSA) is 43.1 Å². The van der Waals surface area contributed by atoms with Crippen molar-refractivity contribution in [3.05, 3.63) is 0 Å². The second kappa shape index (κ2) is 2.97. The Hall–Kier alpha value is -0.370. The predicted octanol–water partition coefficient (Wildman–Crippen LogP) is 0.703. The first kappa shape index (κ1) is 6.75. The van der Waals surface area contributed by atoms with Crippen LogP contribution in [0.15, 0.2) is 0 Å². The molecule has 9 heavy (non-hydrogen) atoms. The highest BCUT2D eigenvalue weighted by Crippen LogP contribution is 2.20. The van der Waals surface area contributed by atoms with Crippen LogP contribution in [0.5, 0.6) is 0 Å². The molecule has 2 N–H and O–H groups in total. The number of rotatable bonds is 1. The summed E-state index contributed by atoms with van der Waals surface area (Å²) in [7, 11) is 0. The van der Waals surface area contributed by atoms with Gasteiger partial charge in [0.2, 0.25) is 0 Å². The van der Waals surface area contributed by atoms with Crippen LogP contribution in [0, 0.1) is 5.92 Å². The first-order valence-corrected chi connectivity index (χ1v) is 3.54. The van der Waals surface area contributed by atoms with E-state index in [0.717, 1.165) is 32.0 Å².